The highest BCUT2D eigenvalue weighted by atomic mass is 32.2. The molecule has 0 N–H and O–H groups in total. The maximum Gasteiger partial charge on any atom is 0.217 e. The molecule has 1 fully saturated rings. The van der Waals surface area contributed by atoms with Crippen molar-refractivity contribution in [3.8, 4) is 11.5 Å². The second kappa shape index (κ2) is 12.4. The zero-order valence-corrected chi connectivity index (χ0v) is 21.3. The molecule has 3 rings (SSSR count). The summed E-state index contributed by atoms with van der Waals surface area (Å²) in [4.78, 5) is 0. The molecule has 1 saturated heterocycles. The maximum atomic E-state index is 14.2. The average Bonchev–Trinajstić information content (AvgIpc) is 3.36. The van der Waals surface area contributed by atoms with Crippen LogP contribution in [-0.2, 0) is 27.8 Å². The molecule has 0 amide bonds. The van der Waals surface area contributed by atoms with E-state index in [9.17, 15) is 8.42 Å². The number of benzene rings is 2. The van der Waals surface area contributed by atoms with Gasteiger partial charge in [-0.25, -0.2) is 8.42 Å². The quantitative estimate of drug-likeness (QED) is 0.364. The fourth-order valence-corrected chi connectivity index (χ4v) is 6.65. The zero-order valence-electron chi connectivity index (χ0n) is 20.5. The molecule has 2 aromatic rings. The van der Waals surface area contributed by atoms with Crippen molar-refractivity contribution >= 4 is 10.0 Å². The first kappa shape index (κ1) is 26.3. The zero-order chi connectivity index (χ0) is 24.6. The first-order chi connectivity index (χ1) is 16.4. The fraction of sp³-hybridized carbons (Fsp3) is 0.481. The molecule has 0 aromatic heterocycles. The molecule has 6 nitrogen and oxygen atoms in total. The van der Waals surface area contributed by atoms with Crippen molar-refractivity contribution in [3.63, 3.8) is 0 Å². The Morgan fingerprint density at radius 3 is 1.97 bits per heavy atom. The van der Waals surface area contributed by atoms with Gasteiger partial charge in [0.1, 0.15) is 11.5 Å². The summed E-state index contributed by atoms with van der Waals surface area (Å²) in [6.07, 6.45) is 4.81. The van der Waals surface area contributed by atoms with Crippen LogP contribution in [0.2, 0.25) is 0 Å². The number of hydrogen-bond acceptors (Lipinski definition) is 5. The summed E-state index contributed by atoms with van der Waals surface area (Å²) in [7, 11) is -0.422. The Bertz CT molecular complexity index is 949. The Kier molecular flexibility index (Phi) is 9.56. The molecule has 3 atom stereocenters. The molecule has 1 unspecified atom stereocenters. The molecular weight excluding hydrogens is 450 g/mol. The van der Waals surface area contributed by atoms with Crippen LogP contribution in [0.3, 0.4) is 0 Å². The monoisotopic (exact) mass is 487 g/mol. The molecule has 186 valence electrons. The lowest BCUT2D eigenvalue weighted by Crippen LogP contribution is -2.42. The van der Waals surface area contributed by atoms with Crippen LogP contribution in [0.4, 0.5) is 0 Å². The number of hydrogen-bond donors (Lipinski definition) is 0. The van der Waals surface area contributed by atoms with Crippen molar-refractivity contribution < 1.29 is 22.6 Å². The normalized spacial score (nSPS) is 17.9. The van der Waals surface area contributed by atoms with Crippen LogP contribution in [0.1, 0.15) is 43.7 Å². The maximum absolute atomic E-state index is 14.2. The van der Waals surface area contributed by atoms with Crippen molar-refractivity contribution in [3.05, 3.63) is 72.3 Å². The predicted molar refractivity (Wildman–Crippen MR) is 136 cm³/mol. The third-order valence-corrected chi connectivity index (χ3v) is 8.87. The summed E-state index contributed by atoms with van der Waals surface area (Å²) in [5.41, 5.74) is 1.82. The Labute approximate surface area is 204 Å². The van der Waals surface area contributed by atoms with E-state index >= 15 is 0 Å². The van der Waals surface area contributed by atoms with Crippen LogP contribution in [0.25, 0.3) is 0 Å². The lowest BCUT2D eigenvalue weighted by molar-refractivity contribution is 0.0989. The van der Waals surface area contributed by atoms with E-state index in [4.69, 9.17) is 14.2 Å². The van der Waals surface area contributed by atoms with E-state index in [1.807, 2.05) is 55.5 Å². The van der Waals surface area contributed by atoms with Crippen LogP contribution in [0, 0.1) is 5.92 Å². The molecule has 0 bridgehead atoms. The molecule has 1 heterocycles. The second-order valence-corrected chi connectivity index (χ2v) is 11.1. The largest absolute Gasteiger partial charge is 0.497 e. The van der Waals surface area contributed by atoms with Gasteiger partial charge in [0, 0.05) is 19.7 Å². The number of ether oxygens (including phenoxy) is 3. The van der Waals surface area contributed by atoms with Gasteiger partial charge in [-0.2, -0.15) is 4.31 Å². The molecule has 0 spiro atoms. The van der Waals surface area contributed by atoms with Crippen LogP contribution in [-0.4, -0.2) is 44.9 Å². The molecule has 1 aliphatic rings. The summed E-state index contributed by atoms with van der Waals surface area (Å²) >= 11 is 0. The Morgan fingerprint density at radius 2 is 1.56 bits per heavy atom. The van der Waals surface area contributed by atoms with Crippen molar-refractivity contribution in [1.82, 2.24) is 4.31 Å². The first-order valence-corrected chi connectivity index (χ1v) is 13.3. The van der Waals surface area contributed by atoms with Gasteiger partial charge >= 0.3 is 0 Å². The number of sulfonamides is 1. The summed E-state index contributed by atoms with van der Waals surface area (Å²) in [6, 6.07) is 15.1. The van der Waals surface area contributed by atoms with Gasteiger partial charge in [0.05, 0.1) is 25.6 Å². The van der Waals surface area contributed by atoms with Crippen molar-refractivity contribution in [2.45, 2.75) is 57.1 Å². The van der Waals surface area contributed by atoms with Gasteiger partial charge in [-0.15, -0.1) is 6.58 Å². The van der Waals surface area contributed by atoms with E-state index < -0.39 is 15.3 Å². The van der Waals surface area contributed by atoms with Gasteiger partial charge in [0.2, 0.25) is 10.0 Å². The van der Waals surface area contributed by atoms with Crippen molar-refractivity contribution in [1.29, 1.82) is 0 Å². The van der Waals surface area contributed by atoms with Gasteiger partial charge < -0.3 is 14.2 Å². The number of rotatable bonds is 13. The highest BCUT2D eigenvalue weighted by molar-refractivity contribution is 7.89. The number of methoxy groups -OCH3 is 2. The van der Waals surface area contributed by atoms with E-state index in [2.05, 4.69) is 6.58 Å². The fourth-order valence-electron chi connectivity index (χ4n) is 4.45. The Morgan fingerprint density at radius 1 is 1.03 bits per heavy atom. The van der Waals surface area contributed by atoms with Crippen molar-refractivity contribution in [2.75, 3.05) is 20.8 Å². The predicted octanol–water partition coefficient (Wildman–Crippen LogP) is 5.19. The minimum absolute atomic E-state index is 0.0177. The molecule has 2 aromatic carbocycles. The highest BCUT2D eigenvalue weighted by Crippen LogP contribution is 2.31. The summed E-state index contributed by atoms with van der Waals surface area (Å²) in [5, 5.41) is -0.551. The molecule has 0 radical (unpaired) electrons. The lowest BCUT2D eigenvalue weighted by Gasteiger charge is -2.32. The molecule has 7 heteroatoms. The molecule has 0 saturated carbocycles. The van der Waals surface area contributed by atoms with Crippen LogP contribution in [0.5, 0.6) is 11.5 Å². The topological polar surface area (TPSA) is 65.1 Å². The molecule has 1 aliphatic heterocycles. The minimum atomic E-state index is -3.66. The van der Waals surface area contributed by atoms with E-state index in [0.29, 0.717) is 19.4 Å². The average molecular weight is 488 g/mol. The molecular formula is C27H37NO5S. The highest BCUT2D eigenvalue weighted by Gasteiger charge is 2.38. The minimum Gasteiger partial charge on any atom is -0.497 e. The van der Waals surface area contributed by atoms with E-state index in [1.165, 1.54) is 0 Å². The number of nitrogens with zero attached hydrogens (tertiary/aromatic N) is 1. The van der Waals surface area contributed by atoms with E-state index in [0.717, 1.165) is 35.5 Å². The lowest BCUT2D eigenvalue weighted by atomic mass is 9.98. The van der Waals surface area contributed by atoms with Gasteiger partial charge in [-0.3, -0.25) is 0 Å². The first-order valence-electron chi connectivity index (χ1n) is 11.8. The van der Waals surface area contributed by atoms with Crippen LogP contribution < -0.4 is 9.47 Å². The third kappa shape index (κ3) is 6.84. The summed E-state index contributed by atoms with van der Waals surface area (Å²) < 4.78 is 46.3. The van der Waals surface area contributed by atoms with Crippen LogP contribution >= 0.6 is 0 Å². The van der Waals surface area contributed by atoms with E-state index in [-0.39, 0.29) is 25.1 Å². The van der Waals surface area contributed by atoms with E-state index in [1.54, 1.807) is 24.6 Å². The van der Waals surface area contributed by atoms with Gasteiger partial charge in [0.15, 0.2) is 0 Å². The van der Waals surface area contributed by atoms with Gasteiger partial charge in [-0.1, -0.05) is 37.3 Å². The Balaban J connectivity index is 1.93. The van der Waals surface area contributed by atoms with Crippen molar-refractivity contribution in [2.24, 2.45) is 5.92 Å². The smallest absolute Gasteiger partial charge is 0.217 e. The molecule has 0 aliphatic carbocycles. The van der Waals surface area contributed by atoms with Gasteiger partial charge in [-0.05, 0) is 67.0 Å². The Hall–Kier alpha value is -2.35. The standard InChI is InChI=1S/C27H37NO5S/c1-5-7-21(2)27(18-26-8-6-17-33-26)34(29,30)28(19-22-9-13-24(31-3)14-10-22)20-23-11-15-25(32-4)16-12-23/h5,9-16,21,26-27H,1,6-8,17-20H2,2-4H3/t21-,26?,27-/m0/s1. The van der Waals surface area contributed by atoms with Crippen LogP contribution in [0.15, 0.2) is 61.2 Å². The summed E-state index contributed by atoms with van der Waals surface area (Å²) in [5.74, 6) is 1.41. The third-order valence-electron chi connectivity index (χ3n) is 6.47. The second-order valence-electron chi connectivity index (χ2n) is 8.92. The van der Waals surface area contributed by atoms with Gasteiger partial charge in [0.25, 0.3) is 0 Å². The number of allylic oxidation sites excluding steroid dienone is 1. The SMILES string of the molecule is C=CC[C@H](C)[C@H](CC1CCCO1)S(=O)(=O)N(Cc1ccc(OC)cc1)Cc1ccc(OC)cc1. The molecule has 34 heavy (non-hydrogen) atoms. The summed E-state index contributed by atoms with van der Waals surface area (Å²) in [6.45, 7) is 7.11.